The van der Waals surface area contributed by atoms with E-state index in [1.807, 2.05) is 19.1 Å². The van der Waals surface area contributed by atoms with Gasteiger partial charge in [0.2, 0.25) is 0 Å². The van der Waals surface area contributed by atoms with Crippen LogP contribution in [0.3, 0.4) is 0 Å². The molecule has 1 saturated heterocycles. The molecule has 6 nitrogen and oxygen atoms in total. The minimum atomic E-state index is -3.80. The number of aryl methyl sites for hydroxylation is 1. The summed E-state index contributed by atoms with van der Waals surface area (Å²) in [5.41, 5.74) is 1.45. The van der Waals surface area contributed by atoms with Crippen molar-refractivity contribution in [3.8, 4) is 0 Å². The molecule has 0 amide bonds. The number of benzene rings is 1. The standard InChI is InChI=1S/C13H18N2O4S/c1-10-6-3-4-7-12(10)15-9-5-8-14(20(15,18)19)11(2)13(16)17/h3-4,6-7,11H,5,8-9H2,1-2H3,(H,16,17). The Morgan fingerprint density at radius 1 is 1.30 bits per heavy atom. The van der Waals surface area contributed by atoms with Gasteiger partial charge in [0.05, 0.1) is 5.69 Å². The van der Waals surface area contributed by atoms with E-state index in [4.69, 9.17) is 5.11 Å². The molecule has 1 aliphatic heterocycles. The molecule has 1 unspecified atom stereocenters. The van der Waals surface area contributed by atoms with Crippen LogP contribution in [-0.4, -0.2) is 42.9 Å². The lowest BCUT2D eigenvalue weighted by Crippen LogP contribution is -2.55. The van der Waals surface area contributed by atoms with E-state index in [1.165, 1.54) is 11.2 Å². The van der Waals surface area contributed by atoms with E-state index in [-0.39, 0.29) is 6.54 Å². The van der Waals surface area contributed by atoms with Crippen LogP contribution in [0.2, 0.25) is 0 Å². The van der Waals surface area contributed by atoms with Crippen molar-refractivity contribution in [1.29, 1.82) is 0 Å². The van der Waals surface area contributed by atoms with Crippen molar-refractivity contribution in [2.75, 3.05) is 17.4 Å². The first kappa shape index (κ1) is 14.8. The van der Waals surface area contributed by atoms with Crippen LogP contribution in [0.15, 0.2) is 24.3 Å². The van der Waals surface area contributed by atoms with Gasteiger partial charge in [-0.25, -0.2) is 0 Å². The summed E-state index contributed by atoms with van der Waals surface area (Å²) >= 11 is 0. The van der Waals surface area contributed by atoms with Gasteiger partial charge in [-0.15, -0.1) is 0 Å². The third kappa shape index (κ3) is 2.51. The topological polar surface area (TPSA) is 77.9 Å². The summed E-state index contributed by atoms with van der Waals surface area (Å²) in [5, 5.41) is 9.05. The molecule has 20 heavy (non-hydrogen) atoms. The highest BCUT2D eigenvalue weighted by Gasteiger charge is 2.39. The number of anilines is 1. The molecule has 1 aromatic rings. The minimum absolute atomic E-state index is 0.234. The second-order valence-electron chi connectivity index (χ2n) is 4.84. The Bertz CT molecular complexity index is 615. The summed E-state index contributed by atoms with van der Waals surface area (Å²) in [6.45, 7) is 3.83. The summed E-state index contributed by atoms with van der Waals surface area (Å²) in [6, 6.07) is 6.13. The van der Waals surface area contributed by atoms with Gasteiger partial charge in [-0.1, -0.05) is 18.2 Å². The first-order valence-electron chi connectivity index (χ1n) is 6.43. The monoisotopic (exact) mass is 298 g/mol. The van der Waals surface area contributed by atoms with E-state index < -0.39 is 22.2 Å². The third-order valence-electron chi connectivity index (χ3n) is 3.49. The van der Waals surface area contributed by atoms with Gasteiger partial charge in [0.15, 0.2) is 0 Å². The number of aliphatic carboxylic acids is 1. The SMILES string of the molecule is Cc1ccccc1N1CCCN(C(C)C(=O)O)S1(=O)=O. The molecule has 0 bridgehead atoms. The lowest BCUT2D eigenvalue weighted by molar-refractivity contribution is -0.140. The van der Waals surface area contributed by atoms with Gasteiger partial charge in [0, 0.05) is 13.1 Å². The highest BCUT2D eigenvalue weighted by molar-refractivity contribution is 7.90. The fourth-order valence-corrected chi connectivity index (χ4v) is 4.25. The molecular weight excluding hydrogens is 280 g/mol. The Balaban J connectivity index is 2.41. The van der Waals surface area contributed by atoms with E-state index >= 15 is 0 Å². The van der Waals surface area contributed by atoms with Crippen molar-refractivity contribution in [3.05, 3.63) is 29.8 Å². The molecule has 2 rings (SSSR count). The van der Waals surface area contributed by atoms with Crippen LogP contribution in [0.4, 0.5) is 5.69 Å². The molecule has 1 atom stereocenters. The van der Waals surface area contributed by atoms with Crippen molar-refractivity contribution in [2.24, 2.45) is 0 Å². The fraction of sp³-hybridized carbons (Fsp3) is 0.462. The van der Waals surface area contributed by atoms with Gasteiger partial charge >= 0.3 is 16.2 Å². The number of para-hydroxylation sites is 1. The molecular formula is C13H18N2O4S. The van der Waals surface area contributed by atoms with Crippen LogP contribution in [0.5, 0.6) is 0 Å². The normalized spacial score (nSPS) is 20.6. The summed E-state index contributed by atoms with van der Waals surface area (Å²) < 4.78 is 27.5. The van der Waals surface area contributed by atoms with Gasteiger partial charge in [0.25, 0.3) is 0 Å². The number of carboxylic acids is 1. The number of carboxylic acid groups (broad SMARTS) is 1. The molecule has 1 heterocycles. The number of hydrogen-bond acceptors (Lipinski definition) is 3. The lowest BCUT2D eigenvalue weighted by atomic mass is 10.2. The Kier molecular flexibility index (Phi) is 4.01. The van der Waals surface area contributed by atoms with Crippen molar-refractivity contribution in [1.82, 2.24) is 4.31 Å². The average molecular weight is 298 g/mol. The highest BCUT2D eigenvalue weighted by Crippen LogP contribution is 2.28. The van der Waals surface area contributed by atoms with Crippen molar-refractivity contribution < 1.29 is 18.3 Å². The molecule has 0 aliphatic carbocycles. The van der Waals surface area contributed by atoms with Gasteiger partial charge < -0.3 is 5.11 Å². The zero-order valence-corrected chi connectivity index (χ0v) is 12.3. The maximum atomic E-state index is 12.6. The highest BCUT2D eigenvalue weighted by atomic mass is 32.2. The van der Waals surface area contributed by atoms with Gasteiger partial charge in [-0.05, 0) is 31.9 Å². The molecule has 0 saturated carbocycles. The number of hydrogen-bond donors (Lipinski definition) is 1. The molecule has 0 aromatic heterocycles. The number of nitrogens with zero attached hydrogens (tertiary/aromatic N) is 2. The van der Waals surface area contributed by atoms with Crippen molar-refractivity contribution in [2.45, 2.75) is 26.3 Å². The van der Waals surface area contributed by atoms with Crippen molar-refractivity contribution >= 4 is 21.9 Å². The van der Waals surface area contributed by atoms with E-state index in [0.29, 0.717) is 18.7 Å². The maximum absolute atomic E-state index is 12.6. The zero-order chi connectivity index (χ0) is 14.9. The maximum Gasteiger partial charge on any atom is 0.321 e. The van der Waals surface area contributed by atoms with Crippen LogP contribution in [0, 0.1) is 6.92 Å². The number of rotatable bonds is 3. The van der Waals surface area contributed by atoms with Crippen LogP contribution in [0.25, 0.3) is 0 Å². The molecule has 1 fully saturated rings. The van der Waals surface area contributed by atoms with Gasteiger partial charge in [0.1, 0.15) is 6.04 Å². The predicted molar refractivity (Wildman–Crippen MR) is 75.9 cm³/mol. The van der Waals surface area contributed by atoms with Crippen LogP contribution in [-0.2, 0) is 15.0 Å². The fourth-order valence-electron chi connectivity index (χ4n) is 2.33. The first-order valence-corrected chi connectivity index (χ1v) is 7.83. The van der Waals surface area contributed by atoms with Crippen LogP contribution >= 0.6 is 0 Å². The van der Waals surface area contributed by atoms with Gasteiger partial charge in [-0.2, -0.15) is 12.7 Å². The molecule has 1 aliphatic rings. The Morgan fingerprint density at radius 3 is 2.55 bits per heavy atom. The number of carbonyl (C=O) groups is 1. The first-order chi connectivity index (χ1) is 9.35. The van der Waals surface area contributed by atoms with E-state index in [9.17, 15) is 13.2 Å². The van der Waals surface area contributed by atoms with Crippen LogP contribution in [0.1, 0.15) is 18.9 Å². The summed E-state index contributed by atoms with van der Waals surface area (Å²) in [6.07, 6.45) is 0.602. The quantitative estimate of drug-likeness (QED) is 0.910. The Morgan fingerprint density at radius 2 is 1.95 bits per heavy atom. The second-order valence-corrected chi connectivity index (χ2v) is 6.65. The molecule has 110 valence electrons. The summed E-state index contributed by atoms with van der Waals surface area (Å²) in [4.78, 5) is 11.1. The molecule has 0 radical (unpaired) electrons. The van der Waals surface area contributed by atoms with E-state index in [2.05, 4.69) is 0 Å². The van der Waals surface area contributed by atoms with Gasteiger partial charge in [-0.3, -0.25) is 9.10 Å². The summed E-state index contributed by atoms with van der Waals surface area (Å²) in [5.74, 6) is -1.14. The molecule has 7 heteroatoms. The third-order valence-corrected chi connectivity index (χ3v) is 5.52. The Hall–Kier alpha value is -1.60. The average Bonchev–Trinajstić information content (AvgIpc) is 2.38. The smallest absolute Gasteiger partial charge is 0.321 e. The van der Waals surface area contributed by atoms with Crippen molar-refractivity contribution in [3.63, 3.8) is 0 Å². The minimum Gasteiger partial charge on any atom is -0.480 e. The lowest BCUT2D eigenvalue weighted by Gasteiger charge is -2.38. The van der Waals surface area contributed by atoms with Crippen LogP contribution < -0.4 is 4.31 Å². The summed E-state index contributed by atoms with van der Waals surface area (Å²) in [7, 11) is -3.80. The predicted octanol–water partition coefficient (Wildman–Crippen LogP) is 1.23. The van der Waals surface area contributed by atoms with E-state index in [1.54, 1.807) is 12.1 Å². The Labute approximate surface area is 118 Å². The largest absolute Gasteiger partial charge is 0.480 e. The van der Waals surface area contributed by atoms with E-state index in [0.717, 1.165) is 9.87 Å². The zero-order valence-electron chi connectivity index (χ0n) is 11.5. The molecule has 1 aromatic carbocycles. The molecule has 1 N–H and O–H groups in total. The second kappa shape index (κ2) is 5.41. The molecule has 0 spiro atoms.